The SMILES string of the molecule is Cc1nc(NC(=O)/C=C/c2c(C)nn(-c3ccc(F)cc3)c2C)sc1SCC#N. The first-order valence-electron chi connectivity index (χ1n) is 8.67. The lowest BCUT2D eigenvalue weighted by molar-refractivity contribution is -0.111. The number of hydrogen-bond acceptors (Lipinski definition) is 6. The monoisotopic (exact) mass is 427 g/mol. The van der Waals surface area contributed by atoms with Gasteiger partial charge in [0.25, 0.3) is 0 Å². The Hall–Kier alpha value is -2.96. The number of rotatable bonds is 6. The first kappa shape index (κ1) is 20.8. The molecule has 148 valence electrons. The third-order valence-electron chi connectivity index (χ3n) is 4.07. The van der Waals surface area contributed by atoms with Gasteiger partial charge in [-0.15, -0.1) is 0 Å². The lowest BCUT2D eigenvalue weighted by Gasteiger charge is -2.04. The van der Waals surface area contributed by atoms with Gasteiger partial charge >= 0.3 is 0 Å². The van der Waals surface area contributed by atoms with Gasteiger partial charge in [0.2, 0.25) is 5.91 Å². The number of aromatic nitrogens is 3. The fraction of sp³-hybridized carbons (Fsp3) is 0.200. The Morgan fingerprint density at radius 2 is 2.03 bits per heavy atom. The van der Waals surface area contributed by atoms with Gasteiger partial charge in [-0.05, 0) is 51.1 Å². The number of nitrogens with one attached hydrogen (secondary N) is 1. The molecule has 0 spiro atoms. The van der Waals surface area contributed by atoms with Gasteiger partial charge in [-0.1, -0.05) is 23.1 Å². The number of thiazole rings is 1. The summed E-state index contributed by atoms with van der Waals surface area (Å²) in [5.41, 5.74) is 3.97. The van der Waals surface area contributed by atoms with Gasteiger partial charge in [-0.3, -0.25) is 10.1 Å². The smallest absolute Gasteiger partial charge is 0.250 e. The van der Waals surface area contributed by atoms with E-state index < -0.39 is 0 Å². The minimum atomic E-state index is -0.307. The molecule has 0 atom stereocenters. The lowest BCUT2D eigenvalue weighted by Crippen LogP contribution is -2.07. The van der Waals surface area contributed by atoms with Crippen LogP contribution in [-0.4, -0.2) is 26.4 Å². The molecule has 1 amide bonds. The molecule has 0 fully saturated rings. The predicted octanol–water partition coefficient (Wildman–Crippen LogP) is 4.66. The third kappa shape index (κ3) is 4.91. The van der Waals surface area contributed by atoms with Gasteiger partial charge in [0.1, 0.15) is 5.82 Å². The van der Waals surface area contributed by atoms with Gasteiger partial charge in [0.15, 0.2) is 5.13 Å². The number of nitrogens with zero attached hydrogens (tertiary/aromatic N) is 4. The van der Waals surface area contributed by atoms with Gasteiger partial charge in [0.05, 0.1) is 33.1 Å². The van der Waals surface area contributed by atoms with Crippen LogP contribution in [0.4, 0.5) is 9.52 Å². The number of carbonyl (C=O) groups excluding carboxylic acids is 1. The van der Waals surface area contributed by atoms with Crippen LogP contribution in [0.1, 0.15) is 22.6 Å². The predicted molar refractivity (Wildman–Crippen MR) is 114 cm³/mol. The Bertz CT molecular complexity index is 1110. The molecule has 0 saturated carbocycles. The summed E-state index contributed by atoms with van der Waals surface area (Å²) < 4.78 is 15.8. The highest BCUT2D eigenvalue weighted by Crippen LogP contribution is 2.31. The van der Waals surface area contributed by atoms with E-state index in [4.69, 9.17) is 5.26 Å². The zero-order valence-electron chi connectivity index (χ0n) is 16.1. The molecule has 0 aliphatic carbocycles. The molecule has 2 heterocycles. The third-order valence-corrected chi connectivity index (χ3v) is 6.37. The van der Waals surface area contributed by atoms with Crippen LogP contribution in [0, 0.1) is 37.9 Å². The zero-order chi connectivity index (χ0) is 21.0. The van der Waals surface area contributed by atoms with E-state index in [9.17, 15) is 9.18 Å². The van der Waals surface area contributed by atoms with Crippen molar-refractivity contribution in [2.75, 3.05) is 11.1 Å². The van der Waals surface area contributed by atoms with Crippen LogP contribution >= 0.6 is 23.1 Å². The second-order valence-electron chi connectivity index (χ2n) is 6.13. The molecular weight excluding hydrogens is 409 g/mol. The minimum absolute atomic E-state index is 0.302. The van der Waals surface area contributed by atoms with E-state index in [0.717, 1.165) is 32.5 Å². The molecule has 29 heavy (non-hydrogen) atoms. The maximum atomic E-state index is 13.2. The van der Waals surface area contributed by atoms with Crippen LogP contribution in [0.5, 0.6) is 0 Å². The van der Waals surface area contributed by atoms with Crippen molar-refractivity contribution in [1.82, 2.24) is 14.8 Å². The lowest BCUT2D eigenvalue weighted by atomic mass is 10.2. The molecule has 0 aliphatic rings. The average molecular weight is 428 g/mol. The number of aryl methyl sites for hydroxylation is 2. The zero-order valence-corrected chi connectivity index (χ0v) is 17.7. The van der Waals surface area contributed by atoms with Gasteiger partial charge in [-0.2, -0.15) is 10.4 Å². The number of hydrogen-bond donors (Lipinski definition) is 1. The van der Waals surface area contributed by atoms with Crippen LogP contribution in [-0.2, 0) is 4.79 Å². The Labute approximate surface area is 176 Å². The van der Waals surface area contributed by atoms with E-state index in [2.05, 4.69) is 21.5 Å². The number of nitriles is 1. The summed E-state index contributed by atoms with van der Waals surface area (Å²) in [5.74, 6) is -0.269. The molecular formula is C20H18FN5OS2. The largest absolute Gasteiger partial charge is 0.298 e. The first-order chi connectivity index (χ1) is 13.9. The summed E-state index contributed by atoms with van der Waals surface area (Å²) in [4.78, 5) is 16.6. The molecule has 9 heteroatoms. The first-order valence-corrected chi connectivity index (χ1v) is 10.5. The number of carbonyl (C=O) groups is 1. The molecule has 1 aromatic carbocycles. The van der Waals surface area contributed by atoms with Crippen molar-refractivity contribution in [3.05, 3.63) is 58.8 Å². The number of anilines is 1. The van der Waals surface area contributed by atoms with E-state index >= 15 is 0 Å². The standard InChI is InChI=1S/C20H18FN5OS2/c1-12-17(14(3)26(25-12)16-6-4-15(21)5-7-16)8-9-18(27)24-20-23-13(2)19(29-20)28-11-10-22/h4-9H,11H2,1-3H3,(H,23,24,27)/b9-8+. The molecule has 3 rings (SSSR count). The summed E-state index contributed by atoms with van der Waals surface area (Å²) in [7, 11) is 0. The van der Waals surface area contributed by atoms with Crippen molar-refractivity contribution >= 4 is 40.2 Å². The van der Waals surface area contributed by atoms with E-state index in [0.29, 0.717) is 10.9 Å². The molecule has 0 radical (unpaired) electrons. The molecule has 0 saturated heterocycles. The minimum Gasteiger partial charge on any atom is -0.298 e. The van der Waals surface area contributed by atoms with Gasteiger partial charge in [0, 0.05) is 17.3 Å². The Balaban J connectivity index is 1.74. The highest BCUT2D eigenvalue weighted by molar-refractivity contribution is 8.01. The van der Waals surface area contributed by atoms with Crippen LogP contribution in [0.3, 0.4) is 0 Å². The van der Waals surface area contributed by atoms with Crippen molar-refractivity contribution in [1.29, 1.82) is 5.26 Å². The maximum absolute atomic E-state index is 13.2. The van der Waals surface area contributed by atoms with Gasteiger partial charge < -0.3 is 0 Å². The summed E-state index contributed by atoms with van der Waals surface area (Å²) in [6.07, 6.45) is 3.14. The second kappa shape index (κ2) is 9.03. The van der Waals surface area contributed by atoms with E-state index in [1.54, 1.807) is 22.9 Å². The number of amides is 1. The van der Waals surface area contributed by atoms with Crippen molar-refractivity contribution in [2.24, 2.45) is 0 Å². The molecule has 1 N–H and O–H groups in total. The fourth-order valence-electron chi connectivity index (χ4n) is 2.70. The number of thioether (sulfide) groups is 1. The molecule has 0 unspecified atom stereocenters. The summed E-state index contributed by atoms with van der Waals surface area (Å²) >= 11 is 2.75. The normalized spacial score (nSPS) is 11.0. The molecule has 6 nitrogen and oxygen atoms in total. The fourth-order valence-corrected chi connectivity index (χ4v) is 4.51. The summed E-state index contributed by atoms with van der Waals surface area (Å²) in [5, 5.41) is 16.4. The summed E-state index contributed by atoms with van der Waals surface area (Å²) in [6.45, 7) is 5.59. The quantitative estimate of drug-likeness (QED) is 0.457. The van der Waals surface area contributed by atoms with Crippen molar-refractivity contribution < 1.29 is 9.18 Å². The van der Waals surface area contributed by atoms with Crippen molar-refractivity contribution in [2.45, 2.75) is 25.0 Å². The Morgan fingerprint density at radius 1 is 1.31 bits per heavy atom. The molecule has 2 aromatic heterocycles. The van der Waals surface area contributed by atoms with E-state index in [1.165, 1.54) is 41.3 Å². The Morgan fingerprint density at radius 3 is 2.72 bits per heavy atom. The number of halogens is 1. The average Bonchev–Trinajstić information content (AvgIpc) is 3.17. The van der Waals surface area contributed by atoms with Crippen LogP contribution in [0.15, 0.2) is 34.6 Å². The Kier molecular flexibility index (Phi) is 6.46. The van der Waals surface area contributed by atoms with Crippen LogP contribution < -0.4 is 5.32 Å². The maximum Gasteiger partial charge on any atom is 0.250 e. The van der Waals surface area contributed by atoms with Gasteiger partial charge in [-0.25, -0.2) is 14.1 Å². The molecule has 3 aromatic rings. The highest BCUT2D eigenvalue weighted by Gasteiger charge is 2.12. The van der Waals surface area contributed by atoms with Crippen LogP contribution in [0.25, 0.3) is 11.8 Å². The summed E-state index contributed by atoms with van der Waals surface area (Å²) in [6, 6.07) is 8.15. The molecule has 0 aliphatic heterocycles. The van der Waals surface area contributed by atoms with Crippen LogP contribution in [0.2, 0.25) is 0 Å². The topological polar surface area (TPSA) is 83.6 Å². The number of benzene rings is 1. The highest BCUT2D eigenvalue weighted by atomic mass is 32.2. The van der Waals surface area contributed by atoms with Crippen molar-refractivity contribution in [3.8, 4) is 11.8 Å². The van der Waals surface area contributed by atoms with Crippen molar-refractivity contribution in [3.63, 3.8) is 0 Å². The van der Waals surface area contributed by atoms with E-state index in [1.807, 2.05) is 20.8 Å². The second-order valence-corrected chi connectivity index (χ2v) is 8.38. The van der Waals surface area contributed by atoms with E-state index in [-0.39, 0.29) is 11.7 Å². The molecule has 0 bridgehead atoms.